The zero-order valence-electron chi connectivity index (χ0n) is 12.5. The van der Waals surface area contributed by atoms with Crippen LogP contribution in [0.4, 0.5) is 0 Å². The van der Waals surface area contributed by atoms with E-state index in [4.69, 9.17) is 0 Å². The summed E-state index contributed by atoms with van der Waals surface area (Å²) in [5, 5.41) is 16.2. The second kappa shape index (κ2) is 9.52. The van der Waals surface area contributed by atoms with Crippen molar-refractivity contribution in [2.45, 2.75) is 37.8 Å². The largest absolute Gasteiger partial charge is 0.316 e. The van der Waals surface area contributed by atoms with Crippen LogP contribution in [0.3, 0.4) is 0 Å². The van der Waals surface area contributed by atoms with E-state index in [1.54, 1.807) is 16.4 Å². The molecule has 1 N–H and O–H groups in total. The zero-order valence-corrected chi connectivity index (χ0v) is 13.4. The molecule has 114 valence electrons. The summed E-state index contributed by atoms with van der Waals surface area (Å²) in [6.07, 6.45) is 5.21. The maximum absolute atomic E-state index is 4.09. The number of aromatic nitrogens is 4. The van der Waals surface area contributed by atoms with Crippen LogP contribution in [0.1, 0.15) is 32.6 Å². The number of nitrogens with one attached hydrogen (secondary N) is 1. The molecule has 5 nitrogen and oxygen atoms in total. The van der Waals surface area contributed by atoms with E-state index in [0.717, 1.165) is 29.7 Å². The van der Waals surface area contributed by atoms with E-state index in [1.165, 1.54) is 25.7 Å². The van der Waals surface area contributed by atoms with Crippen molar-refractivity contribution in [3.63, 3.8) is 0 Å². The molecule has 2 rings (SSSR count). The molecule has 0 bridgehead atoms. The average molecular weight is 305 g/mol. The molecule has 1 aromatic carbocycles. The van der Waals surface area contributed by atoms with Crippen molar-refractivity contribution in [2.24, 2.45) is 0 Å². The Hall–Kier alpha value is -1.40. The van der Waals surface area contributed by atoms with Gasteiger partial charge in [0.1, 0.15) is 0 Å². The van der Waals surface area contributed by atoms with Crippen LogP contribution < -0.4 is 5.32 Å². The number of hydrogen-bond acceptors (Lipinski definition) is 5. The van der Waals surface area contributed by atoms with E-state index in [9.17, 15) is 0 Å². The first-order valence-corrected chi connectivity index (χ1v) is 8.57. The van der Waals surface area contributed by atoms with Gasteiger partial charge in [-0.2, -0.15) is 4.68 Å². The first-order chi connectivity index (χ1) is 10.4. The summed E-state index contributed by atoms with van der Waals surface area (Å²) >= 11 is 1.68. The van der Waals surface area contributed by atoms with Crippen molar-refractivity contribution < 1.29 is 0 Å². The molecular formula is C15H23N5S. The van der Waals surface area contributed by atoms with Crippen LogP contribution in [0, 0.1) is 0 Å². The minimum absolute atomic E-state index is 0.842. The van der Waals surface area contributed by atoms with E-state index < -0.39 is 0 Å². The molecule has 0 spiro atoms. The first kappa shape index (κ1) is 16.0. The van der Waals surface area contributed by atoms with Crippen LogP contribution in [0.2, 0.25) is 0 Å². The van der Waals surface area contributed by atoms with Gasteiger partial charge >= 0.3 is 0 Å². The summed E-state index contributed by atoms with van der Waals surface area (Å²) < 4.78 is 1.78. The number of unbranched alkanes of at least 4 members (excludes halogenated alkanes) is 3. The van der Waals surface area contributed by atoms with Crippen molar-refractivity contribution in [3.05, 3.63) is 30.3 Å². The molecule has 0 saturated heterocycles. The Labute approximate surface area is 130 Å². The zero-order chi connectivity index (χ0) is 14.8. The van der Waals surface area contributed by atoms with E-state index in [0.29, 0.717) is 0 Å². The third-order valence-electron chi connectivity index (χ3n) is 3.16. The maximum atomic E-state index is 4.09. The van der Waals surface area contributed by atoms with E-state index in [2.05, 4.69) is 27.8 Å². The average Bonchev–Trinajstić information content (AvgIpc) is 2.99. The van der Waals surface area contributed by atoms with Crippen molar-refractivity contribution >= 4 is 11.8 Å². The van der Waals surface area contributed by atoms with Crippen LogP contribution >= 0.6 is 11.8 Å². The molecule has 0 aliphatic carbocycles. The van der Waals surface area contributed by atoms with Gasteiger partial charge in [-0.25, -0.2) is 0 Å². The molecule has 0 amide bonds. The van der Waals surface area contributed by atoms with E-state index >= 15 is 0 Å². The van der Waals surface area contributed by atoms with Gasteiger partial charge in [-0.05, 0) is 35.5 Å². The predicted octanol–water partition coefficient (Wildman–Crippen LogP) is 2.92. The molecule has 0 aliphatic heterocycles. The number of benzene rings is 1. The minimum atomic E-state index is 0.842. The highest BCUT2D eigenvalue weighted by Gasteiger charge is 2.07. The van der Waals surface area contributed by atoms with Crippen molar-refractivity contribution in [1.82, 2.24) is 25.5 Å². The van der Waals surface area contributed by atoms with Crippen LogP contribution in [0.5, 0.6) is 0 Å². The Balaban J connectivity index is 1.69. The van der Waals surface area contributed by atoms with Gasteiger partial charge in [0.2, 0.25) is 5.16 Å². The number of hydrogen-bond donors (Lipinski definition) is 1. The summed E-state index contributed by atoms with van der Waals surface area (Å²) in [5.74, 6) is 0.973. The monoisotopic (exact) mass is 305 g/mol. The third-order valence-corrected chi connectivity index (χ3v) is 4.08. The quantitative estimate of drug-likeness (QED) is 0.540. The fourth-order valence-corrected chi connectivity index (χ4v) is 2.80. The minimum Gasteiger partial charge on any atom is -0.316 e. The van der Waals surface area contributed by atoms with Gasteiger partial charge in [0.15, 0.2) is 0 Å². The van der Waals surface area contributed by atoms with E-state index in [1.807, 2.05) is 30.3 Å². The number of rotatable bonds is 10. The molecule has 0 atom stereocenters. The van der Waals surface area contributed by atoms with Crippen LogP contribution in [-0.2, 0) is 0 Å². The van der Waals surface area contributed by atoms with Gasteiger partial charge < -0.3 is 5.32 Å². The fraction of sp³-hybridized carbons (Fsp3) is 0.533. The summed E-state index contributed by atoms with van der Waals surface area (Å²) in [5.41, 5.74) is 0.998. The van der Waals surface area contributed by atoms with Crippen molar-refractivity contribution in [3.8, 4) is 5.69 Å². The van der Waals surface area contributed by atoms with Crippen molar-refractivity contribution in [1.29, 1.82) is 0 Å². The lowest BCUT2D eigenvalue weighted by Gasteiger charge is -2.05. The first-order valence-electron chi connectivity index (χ1n) is 7.59. The molecular weight excluding hydrogens is 282 g/mol. The van der Waals surface area contributed by atoms with Crippen molar-refractivity contribution in [2.75, 3.05) is 18.8 Å². The lowest BCUT2D eigenvalue weighted by Crippen LogP contribution is -2.18. The van der Waals surface area contributed by atoms with Crippen LogP contribution in [0.15, 0.2) is 35.5 Å². The summed E-state index contributed by atoms with van der Waals surface area (Å²) in [7, 11) is 0. The summed E-state index contributed by atoms with van der Waals surface area (Å²) in [6, 6.07) is 9.98. The maximum Gasteiger partial charge on any atom is 0.214 e. The third kappa shape index (κ3) is 5.47. The normalized spacial score (nSPS) is 10.9. The number of nitrogens with zero attached hydrogens (tertiary/aromatic N) is 4. The Kier molecular flexibility index (Phi) is 7.24. The Morgan fingerprint density at radius 1 is 1.10 bits per heavy atom. The molecule has 1 heterocycles. The highest BCUT2D eigenvalue weighted by molar-refractivity contribution is 7.99. The molecule has 0 radical (unpaired) electrons. The Morgan fingerprint density at radius 2 is 1.95 bits per heavy atom. The molecule has 0 aliphatic rings. The smallest absolute Gasteiger partial charge is 0.214 e. The molecule has 6 heteroatoms. The van der Waals surface area contributed by atoms with E-state index in [-0.39, 0.29) is 0 Å². The van der Waals surface area contributed by atoms with Gasteiger partial charge in [-0.3, -0.25) is 0 Å². The van der Waals surface area contributed by atoms with Gasteiger partial charge in [0, 0.05) is 12.3 Å². The standard InChI is InChI=1S/C15H23N5S/c1-2-3-4-8-11-16-12-13-21-15-17-18-19-20(15)14-9-6-5-7-10-14/h5-7,9-10,16H,2-4,8,11-13H2,1H3. The van der Waals surface area contributed by atoms with Crippen LogP contribution in [0.25, 0.3) is 5.69 Å². The van der Waals surface area contributed by atoms with Crippen LogP contribution in [-0.4, -0.2) is 39.0 Å². The SMILES string of the molecule is CCCCCCNCCSc1nnnn1-c1ccccc1. The lowest BCUT2D eigenvalue weighted by molar-refractivity contribution is 0.612. The molecule has 0 unspecified atom stereocenters. The topological polar surface area (TPSA) is 55.6 Å². The lowest BCUT2D eigenvalue weighted by atomic mass is 10.2. The van der Waals surface area contributed by atoms with Gasteiger partial charge in [0.05, 0.1) is 5.69 Å². The van der Waals surface area contributed by atoms with Gasteiger partial charge in [-0.1, -0.05) is 56.1 Å². The molecule has 0 saturated carbocycles. The second-order valence-electron chi connectivity index (χ2n) is 4.87. The summed E-state index contributed by atoms with van der Waals surface area (Å²) in [4.78, 5) is 0. The number of para-hydroxylation sites is 1. The Morgan fingerprint density at radius 3 is 2.76 bits per heavy atom. The molecule has 1 aromatic heterocycles. The fourth-order valence-electron chi connectivity index (χ4n) is 2.02. The molecule has 21 heavy (non-hydrogen) atoms. The number of tetrazole rings is 1. The predicted molar refractivity (Wildman–Crippen MR) is 86.9 cm³/mol. The highest BCUT2D eigenvalue weighted by atomic mass is 32.2. The van der Waals surface area contributed by atoms with Gasteiger partial charge in [0.25, 0.3) is 0 Å². The summed E-state index contributed by atoms with van der Waals surface area (Å²) in [6.45, 7) is 4.32. The Bertz CT molecular complexity index is 500. The highest BCUT2D eigenvalue weighted by Crippen LogP contribution is 2.17. The second-order valence-corrected chi connectivity index (χ2v) is 5.93. The molecule has 0 fully saturated rings. The number of thioether (sulfide) groups is 1. The molecule has 2 aromatic rings. The van der Waals surface area contributed by atoms with Gasteiger partial charge in [-0.15, -0.1) is 5.10 Å².